The van der Waals surface area contributed by atoms with Crippen LogP contribution < -0.4 is 56.7 Å². The van der Waals surface area contributed by atoms with E-state index in [1.807, 2.05) is 213 Å². The molecule has 11 nitrogen and oxygen atoms in total. The molecule has 2 heterocycles. The lowest BCUT2D eigenvalue weighted by molar-refractivity contribution is -0.118. The Labute approximate surface area is 568 Å². The molecule has 2 aliphatic heterocycles. The zero-order chi connectivity index (χ0) is 67.8. The Morgan fingerprint density at radius 1 is 0.423 bits per heavy atom. The van der Waals surface area contributed by atoms with Crippen LogP contribution in [0.2, 0.25) is 0 Å². The van der Waals surface area contributed by atoms with Gasteiger partial charge in [-0.3, -0.25) is 9.59 Å². The van der Waals surface area contributed by atoms with Crippen molar-refractivity contribution in [3.05, 3.63) is 322 Å². The Morgan fingerprint density at radius 2 is 0.784 bits per heavy atom. The number of hydrogen-bond donors (Lipinski definition) is 2. The number of ether oxygens (including phenoxy) is 4. The first-order valence-corrected chi connectivity index (χ1v) is 35.0. The highest BCUT2D eigenvalue weighted by atomic mass is 31.1. The number of amides is 2. The van der Waals surface area contributed by atoms with E-state index in [2.05, 4.69) is 59.2 Å². The molecule has 0 radical (unpaired) electrons. The highest BCUT2D eigenvalue weighted by Gasteiger charge is 2.53. The van der Waals surface area contributed by atoms with Crippen LogP contribution in [0.15, 0.2) is 255 Å². The van der Waals surface area contributed by atoms with E-state index in [1.54, 1.807) is 48.5 Å². The average molecular weight is 1320 g/mol. The summed E-state index contributed by atoms with van der Waals surface area (Å²) in [6.45, 7) is 15.7. The maximum Gasteiger partial charge on any atom is 0.344 e. The lowest BCUT2D eigenvalue weighted by atomic mass is 9.77. The smallest absolute Gasteiger partial charge is 0.344 e. The van der Waals surface area contributed by atoms with Gasteiger partial charge in [0.05, 0.1) is 16.7 Å². The second-order valence-electron chi connectivity index (χ2n) is 26.1. The van der Waals surface area contributed by atoms with E-state index >= 15 is 0 Å². The Kier molecular flexibility index (Phi) is 18.1. The first-order valence-electron chi connectivity index (χ1n) is 32.3. The van der Waals surface area contributed by atoms with Crippen molar-refractivity contribution in [1.29, 1.82) is 0 Å². The fourth-order valence-electron chi connectivity index (χ4n) is 14.1. The van der Waals surface area contributed by atoms with Gasteiger partial charge in [-0.25, -0.2) is 14.4 Å². The number of esters is 3. The van der Waals surface area contributed by atoms with Crippen molar-refractivity contribution < 1.29 is 42.9 Å². The first kappa shape index (κ1) is 65.1. The van der Waals surface area contributed by atoms with Crippen LogP contribution in [0.1, 0.15) is 122 Å². The van der Waals surface area contributed by atoms with Crippen LogP contribution in [0, 0.1) is 27.7 Å². The molecular weight excluding hydrogens is 1240 g/mol. The second-order valence-corrected chi connectivity index (χ2v) is 30.5. The summed E-state index contributed by atoms with van der Waals surface area (Å²) in [5.74, 6) is -0.736. The van der Waals surface area contributed by atoms with E-state index in [4.69, 9.17) is 18.9 Å². The predicted octanol–water partition coefficient (Wildman–Crippen LogP) is 16.1. The van der Waals surface area contributed by atoms with Crippen LogP contribution in [-0.2, 0) is 30.8 Å². The number of anilines is 2. The molecule has 0 saturated carbocycles. The Morgan fingerprint density at radius 3 is 1.19 bits per heavy atom. The maximum atomic E-state index is 14.7. The molecule has 0 aliphatic carbocycles. The number of carbonyl (C=O) groups excluding carboxylic acids is 5. The fourth-order valence-corrected chi connectivity index (χ4v) is 19.0. The molecule has 97 heavy (non-hydrogen) atoms. The first-order chi connectivity index (χ1) is 46.8. The van der Waals surface area contributed by atoms with E-state index in [0.717, 1.165) is 65.2 Å². The summed E-state index contributed by atoms with van der Waals surface area (Å²) in [5, 5.41) is 12.4. The lowest BCUT2D eigenvalue weighted by Gasteiger charge is -2.37. The van der Waals surface area contributed by atoms with Crippen molar-refractivity contribution in [3.63, 3.8) is 0 Å². The summed E-state index contributed by atoms with van der Waals surface area (Å²) < 4.78 is 26.3. The van der Waals surface area contributed by atoms with Gasteiger partial charge in [-0.15, -0.1) is 0 Å². The summed E-state index contributed by atoms with van der Waals surface area (Å²) in [7, 11) is -2.27. The van der Waals surface area contributed by atoms with E-state index in [-0.39, 0.29) is 24.7 Å². The van der Waals surface area contributed by atoms with Gasteiger partial charge in [0.1, 0.15) is 23.0 Å². The zero-order valence-electron chi connectivity index (χ0n) is 55.2. The monoisotopic (exact) mass is 1310 g/mol. The minimum absolute atomic E-state index is 0.00323. The topological polar surface area (TPSA) is 146 Å². The molecule has 0 unspecified atom stereocenters. The van der Waals surface area contributed by atoms with Crippen molar-refractivity contribution in [3.8, 4) is 23.0 Å². The molecule has 13 rings (SSSR count). The number of benzene rings is 11. The SMILES string of the molecule is Cc1cc(C)c(C(C)(C)CC(=O)Nc2ccc3c(c2)Oc2cc(NC(=O)CC(C)(C)c4c(C)cc(C)cc4OC(=O)c4ccccc4P(c4ccccc4)c4ccccc4)ccc2C32OC(=O)c3ccccc32)c(OC(=O)c2ccccc2P(c2ccccc2)c2ccccc2)c1. The zero-order valence-corrected chi connectivity index (χ0v) is 57.0. The van der Waals surface area contributed by atoms with Gasteiger partial charge < -0.3 is 29.6 Å². The molecule has 2 N–H and O–H groups in total. The summed E-state index contributed by atoms with van der Waals surface area (Å²) in [6.07, 6.45) is -0.00646. The quantitative estimate of drug-likeness (QED) is 0.0487. The lowest BCUT2D eigenvalue weighted by Crippen LogP contribution is -2.33. The van der Waals surface area contributed by atoms with Gasteiger partial charge >= 0.3 is 17.9 Å². The van der Waals surface area contributed by atoms with E-state index in [0.29, 0.717) is 67.8 Å². The molecule has 0 aromatic heterocycles. The molecule has 482 valence electrons. The molecule has 0 bridgehead atoms. The second kappa shape index (κ2) is 26.9. The molecule has 0 atom stereocenters. The normalized spacial score (nSPS) is 12.8. The minimum atomic E-state index is -1.45. The van der Waals surface area contributed by atoms with Crippen LogP contribution in [0.4, 0.5) is 11.4 Å². The largest absolute Gasteiger partial charge is 0.456 e. The number of carbonyl (C=O) groups is 5. The summed E-state index contributed by atoms with van der Waals surface area (Å²) in [4.78, 5) is 72.5. The molecule has 0 saturated heterocycles. The number of hydrogen-bond acceptors (Lipinski definition) is 9. The highest BCUT2D eigenvalue weighted by Crippen LogP contribution is 2.57. The summed E-state index contributed by atoms with van der Waals surface area (Å²) in [6, 6.07) is 81.7. The minimum Gasteiger partial charge on any atom is -0.456 e. The Balaban J connectivity index is 0.749. The molecule has 2 amide bonds. The van der Waals surface area contributed by atoms with E-state index in [9.17, 15) is 24.0 Å². The van der Waals surface area contributed by atoms with Gasteiger partial charge in [0.15, 0.2) is 5.60 Å². The molecule has 11 aromatic rings. The van der Waals surface area contributed by atoms with Gasteiger partial charge in [-0.2, -0.15) is 0 Å². The van der Waals surface area contributed by atoms with Crippen LogP contribution in [0.25, 0.3) is 0 Å². The van der Waals surface area contributed by atoms with Gasteiger partial charge in [0.25, 0.3) is 0 Å². The van der Waals surface area contributed by atoms with Crippen molar-refractivity contribution in [2.45, 2.75) is 84.7 Å². The Bertz CT molecular complexity index is 4530. The highest BCUT2D eigenvalue weighted by molar-refractivity contribution is 7.80. The van der Waals surface area contributed by atoms with Crippen molar-refractivity contribution in [1.82, 2.24) is 0 Å². The van der Waals surface area contributed by atoms with Crippen LogP contribution in [0.3, 0.4) is 0 Å². The standard InChI is InChI=1S/C84H72N2O9P2/c1-53-45-55(3)77(71(47-53)93-79(89)64-36-22-25-39-73(64)96(59-27-13-9-14-28-59)60-29-15-10-16-30-60)82(5,6)51-75(87)85-57-41-43-67-69(49-57)92-70-50-58(42-44-68(70)84(67)66-38-24-21-35-63(66)81(91)95-84)86-76(88)52-83(7,8)78-56(4)46-54(2)48-72(78)94-80(90)65-37-23-26-40-74(65)97(61-31-17-11-18-32-61)62-33-19-12-20-34-62/h9-50H,51-52H2,1-8H3,(H,85,87)(H,86,88). The van der Waals surface area contributed by atoms with Crippen molar-refractivity contribution >= 4 is 88.8 Å². The van der Waals surface area contributed by atoms with E-state index in [1.165, 1.54) is 0 Å². The van der Waals surface area contributed by atoms with Crippen molar-refractivity contribution in [2.24, 2.45) is 0 Å². The van der Waals surface area contributed by atoms with Crippen LogP contribution >= 0.6 is 15.8 Å². The summed E-state index contributed by atoms with van der Waals surface area (Å²) in [5.41, 5.74) is 5.66. The summed E-state index contributed by atoms with van der Waals surface area (Å²) >= 11 is 0. The molecular formula is C84H72N2O9P2. The van der Waals surface area contributed by atoms with Gasteiger partial charge in [-0.1, -0.05) is 216 Å². The van der Waals surface area contributed by atoms with Crippen LogP contribution in [0.5, 0.6) is 23.0 Å². The average Bonchev–Trinajstić information content (AvgIpc) is 1.61. The molecule has 11 aromatic carbocycles. The van der Waals surface area contributed by atoms with E-state index < -0.39 is 50.2 Å². The Hall–Kier alpha value is -10.6. The van der Waals surface area contributed by atoms with Crippen molar-refractivity contribution in [2.75, 3.05) is 10.6 Å². The maximum absolute atomic E-state index is 14.7. The number of rotatable bonds is 18. The number of nitrogens with one attached hydrogen (secondary N) is 2. The molecule has 1 spiro atoms. The molecule has 13 heteroatoms. The van der Waals surface area contributed by atoms with Gasteiger partial charge in [-0.05, 0) is 152 Å². The van der Waals surface area contributed by atoms with Crippen LogP contribution in [-0.4, -0.2) is 29.7 Å². The number of fused-ring (bicyclic) bond motifs is 6. The van der Waals surface area contributed by atoms with Gasteiger partial charge in [0, 0.05) is 75.0 Å². The third kappa shape index (κ3) is 13.1. The fraction of sp³-hybridized carbons (Fsp3) is 0.155. The molecule has 0 fully saturated rings. The third-order valence-electron chi connectivity index (χ3n) is 17.9. The van der Waals surface area contributed by atoms with Gasteiger partial charge in [0.2, 0.25) is 11.8 Å². The molecule has 2 aliphatic rings. The number of aryl methyl sites for hydroxylation is 4. The third-order valence-corrected chi connectivity index (χ3v) is 22.9. The predicted molar refractivity (Wildman–Crippen MR) is 389 cm³/mol.